The molecule has 0 aliphatic carbocycles. The number of alkyl carbamates (subject to hydrolysis) is 1. The second-order valence-corrected chi connectivity index (χ2v) is 11.0. The first-order valence-electron chi connectivity index (χ1n) is 13.5. The molecule has 4 aromatic rings. The first-order valence-corrected chi connectivity index (χ1v) is 13.5. The zero-order valence-electron chi connectivity index (χ0n) is 23.3. The highest BCUT2D eigenvalue weighted by Crippen LogP contribution is 2.36. The number of carbonyl (C=O) groups excluding carboxylic acids is 2. The molecule has 0 saturated carbocycles. The molecule has 3 atom stereocenters. The Kier molecular flexibility index (Phi) is 7.38. The van der Waals surface area contributed by atoms with E-state index in [1.807, 2.05) is 43.1 Å². The quantitative estimate of drug-likeness (QED) is 0.243. The summed E-state index contributed by atoms with van der Waals surface area (Å²) in [5.74, 6) is 0.826. The number of rotatable bonds is 6. The van der Waals surface area contributed by atoms with Gasteiger partial charge in [0.15, 0.2) is 0 Å². The van der Waals surface area contributed by atoms with E-state index in [-0.39, 0.29) is 17.9 Å². The van der Waals surface area contributed by atoms with Crippen molar-refractivity contribution in [2.45, 2.75) is 39.3 Å². The summed E-state index contributed by atoms with van der Waals surface area (Å²) in [7, 11) is 1.30. The van der Waals surface area contributed by atoms with Crippen LogP contribution in [0.2, 0.25) is 0 Å². The van der Waals surface area contributed by atoms with Gasteiger partial charge in [-0.05, 0) is 64.4 Å². The van der Waals surface area contributed by atoms with Gasteiger partial charge >= 0.3 is 6.09 Å². The lowest BCUT2D eigenvalue weighted by Gasteiger charge is -2.30. The molecular weight excluding hydrogens is 504 g/mol. The lowest BCUT2D eigenvalue weighted by molar-refractivity contribution is -0.135. The summed E-state index contributed by atoms with van der Waals surface area (Å²) in [4.78, 5) is 35.4. The van der Waals surface area contributed by atoms with Crippen molar-refractivity contribution in [3.05, 3.63) is 66.6 Å². The molecule has 6 N–H and O–H groups in total. The number of nitrogens with two attached hydrogens (primary N) is 2. The molecule has 1 saturated heterocycles. The molecular formula is C31H36N6O3. The van der Waals surface area contributed by atoms with Crippen LogP contribution in [0.15, 0.2) is 60.8 Å². The molecule has 40 heavy (non-hydrogen) atoms. The third-order valence-corrected chi connectivity index (χ3v) is 7.67. The summed E-state index contributed by atoms with van der Waals surface area (Å²) in [6.45, 7) is 6.54. The SMILES string of the molecule is COC(=O)N[C@H](C(=O)N1C[C@@H](C)C[C@H]1c1ncc(-c2ccc3cc(-c4ccc(N)c(N)c4)ccc3c2)[nH]1)C(C)C. The van der Waals surface area contributed by atoms with E-state index in [4.69, 9.17) is 16.2 Å². The standard InChI is InChI=1S/C31H36N6O3/c1-17(2)28(36-31(39)40-4)30(38)37-16-18(3)11-27(37)29-34-15-26(35-29)23-8-7-19-12-20(5-6-21(19)13-23)22-9-10-24(32)25(33)14-22/h5-10,12-15,17-18,27-28H,11,16,32-33H2,1-4H3,(H,34,35)(H,36,39)/t18-,27-,28-/m0/s1. The number of H-pyrrole nitrogens is 1. The van der Waals surface area contributed by atoms with Gasteiger partial charge in [0.2, 0.25) is 5.91 Å². The van der Waals surface area contributed by atoms with Crippen LogP contribution in [0.4, 0.5) is 16.2 Å². The highest BCUT2D eigenvalue weighted by atomic mass is 16.5. The average molecular weight is 541 g/mol. The summed E-state index contributed by atoms with van der Waals surface area (Å²) in [6.07, 6.45) is 2.00. The van der Waals surface area contributed by atoms with E-state index in [0.717, 1.165) is 45.4 Å². The highest BCUT2D eigenvalue weighted by molar-refractivity contribution is 5.91. The number of hydrogen-bond donors (Lipinski definition) is 4. The molecule has 5 rings (SSSR count). The number of ether oxygens (including phenoxy) is 1. The number of nitrogens with zero attached hydrogens (tertiary/aromatic N) is 2. The molecule has 0 radical (unpaired) electrons. The summed E-state index contributed by atoms with van der Waals surface area (Å²) in [5.41, 5.74) is 17.0. The first kappa shape index (κ1) is 27.1. The number of nitrogens with one attached hydrogen (secondary N) is 2. The molecule has 9 nitrogen and oxygen atoms in total. The fraction of sp³-hybridized carbons (Fsp3) is 0.323. The number of methoxy groups -OCH3 is 1. The van der Waals surface area contributed by atoms with Crippen LogP contribution in [-0.4, -0.2) is 46.6 Å². The number of likely N-dealkylation sites (tertiary alicyclic amines) is 1. The zero-order chi connectivity index (χ0) is 28.6. The molecule has 1 fully saturated rings. The molecule has 1 aliphatic heterocycles. The minimum absolute atomic E-state index is 0.0918. The number of aromatic nitrogens is 2. The van der Waals surface area contributed by atoms with Gasteiger partial charge in [-0.1, -0.05) is 51.1 Å². The maximum absolute atomic E-state index is 13.6. The number of aromatic amines is 1. The molecule has 2 amide bonds. The normalized spacial score (nSPS) is 17.8. The lowest BCUT2D eigenvalue weighted by atomic mass is 9.99. The largest absolute Gasteiger partial charge is 0.453 e. The van der Waals surface area contributed by atoms with Crippen molar-refractivity contribution >= 4 is 34.1 Å². The average Bonchev–Trinajstić information content (AvgIpc) is 3.59. The summed E-state index contributed by atoms with van der Waals surface area (Å²) >= 11 is 0. The van der Waals surface area contributed by atoms with Gasteiger partial charge in [-0.2, -0.15) is 0 Å². The number of nitrogen functional groups attached to an aromatic ring is 2. The Hall–Kier alpha value is -4.53. The molecule has 1 aliphatic rings. The minimum atomic E-state index is -0.676. The van der Waals surface area contributed by atoms with Crippen LogP contribution in [0.25, 0.3) is 33.2 Å². The van der Waals surface area contributed by atoms with E-state index in [9.17, 15) is 9.59 Å². The number of fused-ring (bicyclic) bond motifs is 1. The van der Waals surface area contributed by atoms with Crippen LogP contribution in [0, 0.1) is 11.8 Å². The molecule has 208 valence electrons. The predicted octanol–water partition coefficient (Wildman–Crippen LogP) is 5.35. The molecule has 1 aromatic heterocycles. The van der Waals surface area contributed by atoms with Gasteiger partial charge in [0.1, 0.15) is 11.9 Å². The van der Waals surface area contributed by atoms with E-state index >= 15 is 0 Å². The third kappa shape index (κ3) is 5.32. The van der Waals surface area contributed by atoms with E-state index in [1.165, 1.54) is 7.11 Å². The van der Waals surface area contributed by atoms with Crippen LogP contribution < -0.4 is 16.8 Å². The first-order chi connectivity index (χ1) is 19.1. The Labute approximate surface area is 233 Å². The molecule has 0 spiro atoms. The Morgan fingerprint density at radius 2 is 1.65 bits per heavy atom. The summed E-state index contributed by atoms with van der Waals surface area (Å²) < 4.78 is 4.75. The number of anilines is 2. The second-order valence-electron chi connectivity index (χ2n) is 11.0. The number of carbonyl (C=O) groups is 2. The topological polar surface area (TPSA) is 139 Å². The van der Waals surface area contributed by atoms with E-state index in [1.54, 1.807) is 0 Å². The molecule has 9 heteroatoms. The predicted molar refractivity (Wildman–Crippen MR) is 158 cm³/mol. The Morgan fingerprint density at radius 1 is 1.00 bits per heavy atom. The molecule has 0 unspecified atom stereocenters. The van der Waals surface area contributed by atoms with Crippen LogP contribution in [0.3, 0.4) is 0 Å². The number of hydrogen-bond acceptors (Lipinski definition) is 6. The number of imidazole rings is 1. The van der Waals surface area contributed by atoms with Crippen LogP contribution in [0.1, 0.15) is 39.1 Å². The molecule has 0 bridgehead atoms. The fourth-order valence-corrected chi connectivity index (χ4v) is 5.43. The van der Waals surface area contributed by atoms with Crippen molar-refractivity contribution in [1.82, 2.24) is 20.2 Å². The maximum Gasteiger partial charge on any atom is 0.407 e. The van der Waals surface area contributed by atoms with Gasteiger partial charge in [0, 0.05) is 12.1 Å². The van der Waals surface area contributed by atoms with Gasteiger partial charge in [0.25, 0.3) is 0 Å². The third-order valence-electron chi connectivity index (χ3n) is 7.67. The monoisotopic (exact) mass is 540 g/mol. The van der Waals surface area contributed by atoms with E-state index in [0.29, 0.717) is 23.8 Å². The van der Waals surface area contributed by atoms with Crippen molar-refractivity contribution in [3.63, 3.8) is 0 Å². The summed E-state index contributed by atoms with van der Waals surface area (Å²) in [6, 6.07) is 17.4. The van der Waals surface area contributed by atoms with E-state index in [2.05, 4.69) is 58.6 Å². The van der Waals surface area contributed by atoms with Gasteiger partial charge in [-0.3, -0.25) is 4.79 Å². The van der Waals surface area contributed by atoms with Crippen molar-refractivity contribution in [3.8, 4) is 22.4 Å². The highest BCUT2D eigenvalue weighted by Gasteiger charge is 2.40. The number of benzene rings is 3. The zero-order valence-corrected chi connectivity index (χ0v) is 23.3. The second kappa shape index (κ2) is 10.9. The van der Waals surface area contributed by atoms with Crippen molar-refractivity contribution in [1.29, 1.82) is 0 Å². The van der Waals surface area contributed by atoms with E-state index < -0.39 is 12.1 Å². The van der Waals surface area contributed by atoms with Crippen molar-refractivity contribution in [2.24, 2.45) is 11.8 Å². The van der Waals surface area contributed by atoms with Gasteiger partial charge in [0.05, 0.1) is 36.4 Å². The van der Waals surface area contributed by atoms with Gasteiger partial charge in [-0.25, -0.2) is 9.78 Å². The number of amides is 2. The molecule has 2 heterocycles. The fourth-order valence-electron chi connectivity index (χ4n) is 5.43. The lowest BCUT2D eigenvalue weighted by Crippen LogP contribution is -2.51. The smallest absolute Gasteiger partial charge is 0.407 e. The van der Waals surface area contributed by atoms with Gasteiger partial charge < -0.3 is 31.4 Å². The van der Waals surface area contributed by atoms with Gasteiger partial charge in [-0.15, -0.1) is 0 Å². The van der Waals surface area contributed by atoms with Crippen LogP contribution in [0.5, 0.6) is 0 Å². The van der Waals surface area contributed by atoms with Crippen molar-refractivity contribution < 1.29 is 14.3 Å². The maximum atomic E-state index is 13.6. The van der Waals surface area contributed by atoms with Crippen LogP contribution >= 0.6 is 0 Å². The van der Waals surface area contributed by atoms with Crippen LogP contribution in [-0.2, 0) is 9.53 Å². The molecule has 3 aromatic carbocycles. The summed E-state index contributed by atoms with van der Waals surface area (Å²) in [5, 5.41) is 4.91. The van der Waals surface area contributed by atoms with Crippen molar-refractivity contribution in [2.75, 3.05) is 25.1 Å². The minimum Gasteiger partial charge on any atom is -0.453 e. The Morgan fingerprint density at radius 3 is 2.33 bits per heavy atom. The Bertz CT molecular complexity index is 1560. The Balaban J connectivity index is 1.39.